The summed E-state index contributed by atoms with van der Waals surface area (Å²) >= 11 is 1.31. The van der Waals surface area contributed by atoms with Crippen LogP contribution in [0, 0.1) is 0 Å². The maximum Gasteiger partial charge on any atom is 0.238 e. The molecule has 1 aliphatic rings. The average molecular weight is 323 g/mol. The van der Waals surface area contributed by atoms with Crippen molar-refractivity contribution < 1.29 is 14.3 Å². The molecule has 6 nitrogen and oxygen atoms in total. The summed E-state index contributed by atoms with van der Waals surface area (Å²) in [7, 11) is 0. The van der Waals surface area contributed by atoms with Crippen molar-refractivity contribution in [3.05, 3.63) is 24.3 Å². The first-order chi connectivity index (χ1) is 10.6. The summed E-state index contributed by atoms with van der Waals surface area (Å²) < 4.78 is 5.49. The van der Waals surface area contributed by atoms with Crippen LogP contribution in [0.5, 0.6) is 0 Å². The summed E-state index contributed by atoms with van der Waals surface area (Å²) in [6, 6.07) is 7.35. The molecule has 7 heteroatoms. The molecule has 0 saturated carbocycles. The summed E-state index contributed by atoms with van der Waals surface area (Å²) in [6.45, 7) is 1.73. The molecule has 1 heterocycles. The van der Waals surface area contributed by atoms with Crippen LogP contribution in [0.2, 0.25) is 0 Å². The lowest BCUT2D eigenvalue weighted by Crippen LogP contribution is -2.33. The Labute approximate surface area is 134 Å². The molecule has 0 spiro atoms. The zero-order chi connectivity index (χ0) is 15.8. The first kappa shape index (κ1) is 16.8. The molecule has 0 aromatic heterocycles. The molecule has 0 aliphatic carbocycles. The van der Waals surface area contributed by atoms with Gasteiger partial charge >= 0.3 is 0 Å². The number of rotatable bonds is 8. The van der Waals surface area contributed by atoms with Gasteiger partial charge in [-0.15, -0.1) is 11.8 Å². The van der Waals surface area contributed by atoms with Gasteiger partial charge in [-0.1, -0.05) is 12.1 Å². The molecule has 0 bridgehead atoms. The average Bonchev–Trinajstić information content (AvgIpc) is 2.99. The Morgan fingerprint density at radius 1 is 1.36 bits per heavy atom. The fraction of sp³-hybridized carbons (Fsp3) is 0.467. The third-order valence-electron chi connectivity index (χ3n) is 3.21. The van der Waals surface area contributed by atoms with Gasteiger partial charge in [0.25, 0.3) is 0 Å². The Kier molecular flexibility index (Phi) is 6.70. The Bertz CT molecular complexity index is 519. The number of para-hydroxylation sites is 1. The number of primary amides is 1. The summed E-state index contributed by atoms with van der Waals surface area (Å²) in [5.74, 6) is -0.320. The zero-order valence-corrected chi connectivity index (χ0v) is 13.2. The highest BCUT2D eigenvalue weighted by Gasteiger charge is 2.15. The summed E-state index contributed by atoms with van der Waals surface area (Å²) in [5.41, 5.74) is 5.84. The van der Waals surface area contributed by atoms with E-state index in [0.29, 0.717) is 12.2 Å². The lowest BCUT2D eigenvalue weighted by molar-refractivity contribution is -0.116. The van der Waals surface area contributed by atoms with Crippen molar-refractivity contribution in [2.24, 2.45) is 5.73 Å². The molecular formula is C15H21N3O3S. The first-order valence-electron chi connectivity index (χ1n) is 7.27. The minimum Gasteiger partial charge on any atom is -0.377 e. The Morgan fingerprint density at radius 3 is 2.91 bits per heavy atom. The van der Waals surface area contributed by atoms with E-state index in [1.165, 1.54) is 11.8 Å². The quantitative estimate of drug-likeness (QED) is 0.620. The van der Waals surface area contributed by atoms with Crippen LogP contribution in [0.1, 0.15) is 12.8 Å². The van der Waals surface area contributed by atoms with Gasteiger partial charge in [0.15, 0.2) is 0 Å². The molecule has 1 fully saturated rings. The van der Waals surface area contributed by atoms with E-state index in [1.807, 2.05) is 18.2 Å². The molecule has 1 saturated heterocycles. The van der Waals surface area contributed by atoms with Gasteiger partial charge in [0, 0.05) is 18.0 Å². The molecule has 22 heavy (non-hydrogen) atoms. The lowest BCUT2D eigenvalue weighted by Gasteiger charge is -2.12. The molecular weight excluding hydrogens is 302 g/mol. The van der Waals surface area contributed by atoms with E-state index >= 15 is 0 Å². The molecule has 1 aromatic carbocycles. The molecule has 1 atom stereocenters. The fourth-order valence-corrected chi connectivity index (χ4v) is 2.94. The Balaban J connectivity index is 1.78. The Hall–Kier alpha value is -1.57. The van der Waals surface area contributed by atoms with Gasteiger partial charge in [-0.3, -0.25) is 9.59 Å². The highest BCUT2D eigenvalue weighted by atomic mass is 32.2. The van der Waals surface area contributed by atoms with E-state index in [1.54, 1.807) is 6.07 Å². The standard InChI is InChI=1S/C15H21N3O3S/c16-14(19)10-22-13-6-2-1-5-12(13)18-15(20)9-17-8-11-4-3-7-21-11/h1-2,5-6,11,17H,3-4,7-10H2,(H2,16,19)(H,18,20). The number of hydrogen-bond acceptors (Lipinski definition) is 5. The van der Waals surface area contributed by atoms with Crippen LogP contribution in [0.15, 0.2) is 29.2 Å². The largest absolute Gasteiger partial charge is 0.377 e. The van der Waals surface area contributed by atoms with Crippen LogP contribution < -0.4 is 16.4 Å². The second-order valence-corrected chi connectivity index (χ2v) is 6.08. The number of hydrogen-bond donors (Lipinski definition) is 3. The number of thioether (sulfide) groups is 1. The van der Waals surface area contributed by atoms with Crippen LogP contribution in [0.4, 0.5) is 5.69 Å². The number of nitrogens with two attached hydrogens (primary N) is 1. The van der Waals surface area contributed by atoms with E-state index in [2.05, 4.69) is 10.6 Å². The van der Waals surface area contributed by atoms with Crippen LogP contribution in [-0.2, 0) is 14.3 Å². The van der Waals surface area contributed by atoms with E-state index in [4.69, 9.17) is 10.5 Å². The molecule has 2 amide bonds. The van der Waals surface area contributed by atoms with Crippen LogP contribution in [0.25, 0.3) is 0 Å². The minimum atomic E-state index is -0.385. The maximum atomic E-state index is 12.0. The number of amides is 2. The molecule has 0 radical (unpaired) electrons. The van der Waals surface area contributed by atoms with Gasteiger partial charge in [0.2, 0.25) is 11.8 Å². The van der Waals surface area contributed by atoms with Crippen molar-refractivity contribution >= 4 is 29.3 Å². The Morgan fingerprint density at radius 2 is 2.18 bits per heavy atom. The van der Waals surface area contributed by atoms with Crippen molar-refractivity contribution in [1.82, 2.24) is 5.32 Å². The third kappa shape index (κ3) is 5.67. The molecule has 1 unspecified atom stereocenters. The van der Waals surface area contributed by atoms with E-state index < -0.39 is 0 Å². The molecule has 2 rings (SSSR count). The fourth-order valence-electron chi connectivity index (χ4n) is 2.19. The zero-order valence-electron chi connectivity index (χ0n) is 12.3. The smallest absolute Gasteiger partial charge is 0.238 e. The van der Waals surface area contributed by atoms with Crippen molar-refractivity contribution in [1.29, 1.82) is 0 Å². The second-order valence-electron chi connectivity index (χ2n) is 5.07. The topological polar surface area (TPSA) is 93.5 Å². The monoisotopic (exact) mass is 323 g/mol. The number of ether oxygens (including phenoxy) is 1. The van der Waals surface area contributed by atoms with Crippen molar-refractivity contribution in [2.45, 2.75) is 23.8 Å². The van der Waals surface area contributed by atoms with Gasteiger partial charge in [-0.05, 0) is 25.0 Å². The molecule has 120 valence electrons. The molecule has 4 N–H and O–H groups in total. The normalized spacial score (nSPS) is 17.4. The number of carbonyl (C=O) groups excluding carboxylic acids is 2. The van der Waals surface area contributed by atoms with Gasteiger partial charge in [0.05, 0.1) is 24.1 Å². The summed E-state index contributed by atoms with van der Waals surface area (Å²) in [6.07, 6.45) is 2.34. The predicted molar refractivity (Wildman–Crippen MR) is 86.8 cm³/mol. The van der Waals surface area contributed by atoms with E-state index in [0.717, 1.165) is 24.3 Å². The number of nitrogens with one attached hydrogen (secondary N) is 2. The maximum absolute atomic E-state index is 12.0. The third-order valence-corrected chi connectivity index (χ3v) is 4.31. The van der Waals surface area contributed by atoms with Crippen LogP contribution in [0.3, 0.4) is 0 Å². The number of anilines is 1. The molecule has 1 aromatic rings. The first-order valence-corrected chi connectivity index (χ1v) is 8.26. The minimum absolute atomic E-state index is 0.120. The van der Waals surface area contributed by atoms with E-state index in [9.17, 15) is 9.59 Å². The summed E-state index contributed by atoms with van der Waals surface area (Å²) in [5, 5.41) is 5.94. The van der Waals surface area contributed by atoms with Crippen LogP contribution >= 0.6 is 11.8 Å². The number of benzene rings is 1. The van der Waals surface area contributed by atoms with Gasteiger partial charge in [0.1, 0.15) is 0 Å². The summed E-state index contributed by atoms with van der Waals surface area (Å²) in [4.78, 5) is 23.7. The second kappa shape index (κ2) is 8.77. The SMILES string of the molecule is NC(=O)CSc1ccccc1NC(=O)CNCC1CCCO1. The highest BCUT2D eigenvalue weighted by Crippen LogP contribution is 2.26. The van der Waals surface area contributed by atoms with Gasteiger partial charge in [-0.2, -0.15) is 0 Å². The van der Waals surface area contributed by atoms with E-state index in [-0.39, 0.29) is 30.2 Å². The van der Waals surface area contributed by atoms with Gasteiger partial charge in [-0.25, -0.2) is 0 Å². The molecule has 1 aliphatic heterocycles. The van der Waals surface area contributed by atoms with Crippen molar-refractivity contribution in [3.63, 3.8) is 0 Å². The van der Waals surface area contributed by atoms with Crippen molar-refractivity contribution in [3.8, 4) is 0 Å². The highest BCUT2D eigenvalue weighted by molar-refractivity contribution is 8.00. The van der Waals surface area contributed by atoms with Crippen molar-refractivity contribution in [2.75, 3.05) is 30.8 Å². The lowest BCUT2D eigenvalue weighted by atomic mass is 10.2. The van der Waals surface area contributed by atoms with Crippen LogP contribution in [-0.4, -0.2) is 43.4 Å². The number of carbonyl (C=O) groups is 2. The van der Waals surface area contributed by atoms with Gasteiger partial charge < -0.3 is 21.1 Å². The predicted octanol–water partition coefficient (Wildman–Crippen LogP) is 0.971.